The Hall–Kier alpha value is -0.530. The van der Waals surface area contributed by atoms with Gasteiger partial charge in [-0.3, -0.25) is 0 Å². The molecular formula is C14H26ClN. The van der Waals surface area contributed by atoms with Crippen LogP contribution in [0.2, 0.25) is 0 Å². The first-order valence-corrected chi connectivity index (χ1v) is 6.32. The zero-order chi connectivity index (χ0) is 13.1. The number of halogens is 1. The van der Waals surface area contributed by atoms with Crippen molar-refractivity contribution in [3.05, 3.63) is 35.5 Å². The van der Waals surface area contributed by atoms with Gasteiger partial charge in [0.1, 0.15) is 0 Å². The van der Waals surface area contributed by atoms with Crippen LogP contribution >= 0.6 is 11.6 Å². The normalized spacial score (nSPS) is 11.7. The Morgan fingerprint density at radius 2 is 1.75 bits per heavy atom. The van der Waals surface area contributed by atoms with Crippen molar-refractivity contribution in [1.82, 2.24) is 0 Å². The number of allylic oxidation sites excluding steroid dienone is 4. The van der Waals surface area contributed by atoms with Crippen LogP contribution in [0, 0.1) is 0 Å². The fourth-order valence-corrected chi connectivity index (χ4v) is 1.13. The zero-order valence-corrected chi connectivity index (χ0v) is 12.1. The van der Waals surface area contributed by atoms with Crippen LogP contribution in [0.4, 0.5) is 0 Å². The fourth-order valence-electron chi connectivity index (χ4n) is 1.02. The molecule has 0 aliphatic heterocycles. The van der Waals surface area contributed by atoms with Crippen molar-refractivity contribution in [3.63, 3.8) is 0 Å². The Kier molecular flexibility index (Phi) is 12.2. The van der Waals surface area contributed by atoms with Crippen molar-refractivity contribution in [3.8, 4) is 0 Å². The summed E-state index contributed by atoms with van der Waals surface area (Å²) in [4.78, 5) is 0. The Balaban J connectivity index is 0. The van der Waals surface area contributed by atoms with E-state index in [0.717, 1.165) is 12.0 Å². The standard InChI is InChI=1S/C12H20ClN.C2H6/c1-9(2)5-6-11(10(3)4)7-12(14)8-13;1-2/h5-6,12H,1,7-8,14H2,2-4H3;1-2H3/b6-5-;/t12-;/m0./s1. The summed E-state index contributed by atoms with van der Waals surface area (Å²) in [6.45, 7) is 14.0. The summed E-state index contributed by atoms with van der Waals surface area (Å²) in [6.07, 6.45) is 4.91. The topological polar surface area (TPSA) is 26.0 Å². The molecule has 0 rings (SSSR count). The average molecular weight is 244 g/mol. The molecule has 0 aromatic heterocycles. The van der Waals surface area contributed by atoms with Gasteiger partial charge in [-0.2, -0.15) is 0 Å². The smallest absolute Gasteiger partial charge is 0.0378 e. The Morgan fingerprint density at radius 1 is 1.25 bits per heavy atom. The summed E-state index contributed by atoms with van der Waals surface area (Å²) in [7, 11) is 0. The van der Waals surface area contributed by atoms with E-state index < -0.39 is 0 Å². The van der Waals surface area contributed by atoms with E-state index in [2.05, 4.69) is 26.5 Å². The van der Waals surface area contributed by atoms with Gasteiger partial charge in [0.15, 0.2) is 0 Å². The maximum atomic E-state index is 5.80. The van der Waals surface area contributed by atoms with E-state index in [1.54, 1.807) is 0 Å². The number of hydrogen-bond acceptors (Lipinski definition) is 1. The van der Waals surface area contributed by atoms with Gasteiger partial charge in [-0.1, -0.05) is 43.7 Å². The van der Waals surface area contributed by atoms with Crippen LogP contribution in [0.5, 0.6) is 0 Å². The lowest BCUT2D eigenvalue weighted by atomic mass is 10.0. The summed E-state index contributed by atoms with van der Waals surface area (Å²) in [5.74, 6) is 0.498. The molecule has 0 saturated carbocycles. The highest BCUT2D eigenvalue weighted by Gasteiger charge is 2.03. The van der Waals surface area contributed by atoms with Gasteiger partial charge in [-0.25, -0.2) is 0 Å². The van der Waals surface area contributed by atoms with Crippen molar-refractivity contribution < 1.29 is 0 Å². The van der Waals surface area contributed by atoms with E-state index >= 15 is 0 Å². The third-order valence-corrected chi connectivity index (χ3v) is 2.29. The minimum absolute atomic E-state index is 0.0383. The molecule has 0 saturated heterocycles. The van der Waals surface area contributed by atoms with Gasteiger partial charge in [0.05, 0.1) is 0 Å². The van der Waals surface area contributed by atoms with Crippen molar-refractivity contribution in [2.45, 2.75) is 47.1 Å². The SMILES string of the molecule is C=C(C)/C=C\C(C[C@H](N)CCl)=C(C)C.CC. The van der Waals surface area contributed by atoms with Crippen LogP contribution < -0.4 is 5.73 Å². The van der Waals surface area contributed by atoms with E-state index in [1.165, 1.54) is 11.1 Å². The molecule has 0 spiro atoms. The fraction of sp³-hybridized carbons (Fsp3) is 0.571. The van der Waals surface area contributed by atoms with Gasteiger partial charge in [0, 0.05) is 11.9 Å². The van der Waals surface area contributed by atoms with Gasteiger partial charge >= 0.3 is 0 Å². The number of nitrogens with two attached hydrogens (primary N) is 1. The Bertz CT molecular complexity index is 247. The monoisotopic (exact) mass is 243 g/mol. The van der Waals surface area contributed by atoms with E-state index in [4.69, 9.17) is 17.3 Å². The van der Waals surface area contributed by atoms with Gasteiger partial charge < -0.3 is 5.73 Å². The summed E-state index contributed by atoms with van der Waals surface area (Å²) in [6, 6.07) is 0.0383. The molecule has 0 bridgehead atoms. The highest BCUT2D eigenvalue weighted by molar-refractivity contribution is 6.18. The van der Waals surface area contributed by atoms with Gasteiger partial charge in [0.2, 0.25) is 0 Å². The minimum atomic E-state index is 0.0383. The first-order chi connectivity index (χ1) is 7.47. The Morgan fingerprint density at radius 3 is 2.06 bits per heavy atom. The summed E-state index contributed by atoms with van der Waals surface area (Å²) in [5, 5.41) is 0. The maximum absolute atomic E-state index is 5.80. The van der Waals surface area contributed by atoms with E-state index in [9.17, 15) is 0 Å². The molecule has 0 radical (unpaired) electrons. The van der Waals surface area contributed by atoms with Gasteiger partial charge in [0.25, 0.3) is 0 Å². The first kappa shape index (κ1) is 17.9. The lowest BCUT2D eigenvalue weighted by Gasteiger charge is -2.10. The molecule has 0 aliphatic rings. The van der Waals surface area contributed by atoms with Gasteiger partial charge in [-0.15, -0.1) is 11.6 Å². The predicted molar refractivity (Wildman–Crippen MR) is 77.0 cm³/mol. The quantitative estimate of drug-likeness (QED) is 0.561. The van der Waals surface area contributed by atoms with Crippen LogP contribution in [0.15, 0.2) is 35.5 Å². The second kappa shape index (κ2) is 11.0. The summed E-state index contributed by atoms with van der Waals surface area (Å²) in [5.41, 5.74) is 9.37. The molecule has 0 heterocycles. The highest BCUT2D eigenvalue weighted by Crippen LogP contribution is 2.13. The molecule has 2 heteroatoms. The molecule has 0 aliphatic carbocycles. The average Bonchev–Trinajstić information content (AvgIpc) is 2.25. The zero-order valence-electron chi connectivity index (χ0n) is 11.3. The van der Waals surface area contributed by atoms with Crippen molar-refractivity contribution in [2.75, 3.05) is 5.88 Å². The number of rotatable bonds is 5. The van der Waals surface area contributed by atoms with Crippen LogP contribution in [0.1, 0.15) is 41.0 Å². The molecule has 0 amide bonds. The van der Waals surface area contributed by atoms with E-state index in [-0.39, 0.29) is 6.04 Å². The molecule has 0 aromatic carbocycles. The molecule has 2 N–H and O–H groups in total. The third kappa shape index (κ3) is 10.0. The molecule has 1 atom stereocenters. The van der Waals surface area contributed by atoms with Crippen LogP contribution in [-0.4, -0.2) is 11.9 Å². The lowest BCUT2D eigenvalue weighted by Crippen LogP contribution is -2.22. The molecule has 1 nitrogen and oxygen atoms in total. The maximum Gasteiger partial charge on any atom is 0.0378 e. The van der Waals surface area contributed by atoms with Crippen LogP contribution in [0.3, 0.4) is 0 Å². The number of alkyl halides is 1. The number of hydrogen-bond donors (Lipinski definition) is 1. The summed E-state index contributed by atoms with van der Waals surface area (Å²) < 4.78 is 0. The van der Waals surface area contributed by atoms with Crippen molar-refractivity contribution >= 4 is 11.6 Å². The predicted octanol–water partition coefficient (Wildman–Crippen LogP) is 4.44. The second-order valence-electron chi connectivity index (χ2n) is 3.82. The minimum Gasteiger partial charge on any atom is -0.326 e. The lowest BCUT2D eigenvalue weighted by molar-refractivity contribution is 0.742. The van der Waals surface area contributed by atoms with Crippen LogP contribution in [-0.2, 0) is 0 Å². The Labute approximate surface area is 106 Å². The highest BCUT2D eigenvalue weighted by atomic mass is 35.5. The molecule has 94 valence electrons. The first-order valence-electron chi connectivity index (χ1n) is 5.78. The largest absolute Gasteiger partial charge is 0.326 e. The van der Waals surface area contributed by atoms with Crippen molar-refractivity contribution in [2.24, 2.45) is 5.73 Å². The van der Waals surface area contributed by atoms with Crippen LogP contribution in [0.25, 0.3) is 0 Å². The van der Waals surface area contributed by atoms with E-state index in [1.807, 2.05) is 26.8 Å². The second-order valence-corrected chi connectivity index (χ2v) is 4.13. The van der Waals surface area contributed by atoms with Crippen molar-refractivity contribution in [1.29, 1.82) is 0 Å². The molecule has 0 fully saturated rings. The summed E-state index contributed by atoms with van der Waals surface area (Å²) >= 11 is 5.67. The molecular weight excluding hydrogens is 218 g/mol. The molecule has 0 unspecified atom stereocenters. The molecule has 16 heavy (non-hydrogen) atoms. The third-order valence-electron chi connectivity index (χ3n) is 1.89. The van der Waals surface area contributed by atoms with Gasteiger partial charge in [-0.05, 0) is 32.8 Å². The molecule has 0 aromatic rings. The van der Waals surface area contributed by atoms with E-state index in [0.29, 0.717) is 5.88 Å².